The van der Waals surface area contributed by atoms with E-state index in [1.165, 1.54) is 32.1 Å². The zero-order chi connectivity index (χ0) is 49.2. The highest BCUT2D eigenvalue weighted by Crippen LogP contribution is 2.18. The summed E-state index contributed by atoms with van der Waals surface area (Å²) in [5.41, 5.74) is 0. The fourth-order valence-corrected chi connectivity index (χ4v) is 7.78. The first kappa shape index (κ1) is 58.2. The zero-order valence-electron chi connectivity index (χ0n) is 40.7. The molecule has 1 saturated heterocycles. The smallest absolute Gasteiger partial charge is 0.303 e. The minimum Gasteiger partial charge on any atom is -0.481 e. The van der Waals surface area contributed by atoms with Gasteiger partial charge >= 0.3 is 11.9 Å². The number of amides is 7. The quantitative estimate of drug-likeness (QED) is 0.0571. The maximum Gasteiger partial charge on any atom is 0.303 e. The van der Waals surface area contributed by atoms with E-state index in [1.807, 2.05) is 27.7 Å². The molecule has 7 amide bonds. The molecule has 0 saturated carbocycles. The molecular weight excluding hydrogens is 839 g/mol. The number of nitrogens with zero attached hydrogens (tertiary/aromatic N) is 1. The molecule has 18 heteroatoms. The maximum absolute atomic E-state index is 14.9. The maximum atomic E-state index is 14.9. The SMILES string of the molecule is CCCCCCCCCCCCNC(=O)CN1C(=O)[C@@H](CC(C)C)NC(=O)[C@H](CCC(=O)O)NC(=O)[C@H](C(C)C)NC(=O)[C@@H](CC(C)C)NC(=O)[C@H](CC(C)C)NC(=O)[C@@H]1CCC(=O)O. The van der Waals surface area contributed by atoms with Crippen molar-refractivity contribution in [3.63, 3.8) is 0 Å². The average molecular weight is 922 g/mol. The van der Waals surface area contributed by atoms with Gasteiger partial charge in [0, 0.05) is 19.4 Å². The molecule has 0 aromatic heterocycles. The van der Waals surface area contributed by atoms with Crippen molar-refractivity contribution in [3.8, 4) is 0 Å². The summed E-state index contributed by atoms with van der Waals surface area (Å²) in [5, 5.41) is 35.5. The zero-order valence-corrected chi connectivity index (χ0v) is 40.7. The van der Waals surface area contributed by atoms with E-state index in [9.17, 15) is 53.4 Å². The topological polar surface area (TPSA) is 270 Å². The van der Waals surface area contributed by atoms with Gasteiger partial charge < -0.3 is 47.0 Å². The van der Waals surface area contributed by atoms with E-state index < -0.39 is 128 Å². The van der Waals surface area contributed by atoms with Crippen LogP contribution in [0.1, 0.15) is 171 Å². The third-order valence-corrected chi connectivity index (χ3v) is 11.3. The van der Waals surface area contributed by atoms with Crippen molar-refractivity contribution < 1.29 is 53.4 Å². The van der Waals surface area contributed by atoms with Crippen molar-refractivity contribution in [2.45, 2.75) is 208 Å². The van der Waals surface area contributed by atoms with Crippen molar-refractivity contribution in [2.75, 3.05) is 13.1 Å². The molecule has 0 aliphatic carbocycles. The second-order valence-electron chi connectivity index (χ2n) is 19.2. The molecule has 0 spiro atoms. The molecule has 1 aliphatic rings. The predicted molar refractivity (Wildman–Crippen MR) is 247 cm³/mol. The number of carboxylic acids is 2. The standard InChI is InChI=1S/C47H83N7O11/c1-10-11-12-13-14-15-16-17-18-19-24-48-38(55)28-54-37(21-23-40(58)59)45(63)51-34(25-29(2)3)43(61)50-35(26-30(4)5)44(62)53-41(32(8)9)46(64)49-33(20-22-39(56)57)42(60)52-36(47(54)65)27-31(6)7/h29-37,41H,10-28H2,1-9H3,(H,48,55)(H,49,64)(H,50,61)(H,51,63)(H,52,60)(H,53,62)(H,56,57)(H,58,59)/t33-,34-,35+,36+,37-,41-/m0/s1. The van der Waals surface area contributed by atoms with E-state index in [-0.39, 0.29) is 43.6 Å². The van der Waals surface area contributed by atoms with E-state index in [0.717, 1.165) is 30.6 Å². The molecule has 1 rings (SSSR count). The summed E-state index contributed by atoms with van der Waals surface area (Å²) < 4.78 is 0. The molecular formula is C47H83N7O11. The third-order valence-electron chi connectivity index (χ3n) is 11.3. The van der Waals surface area contributed by atoms with E-state index in [0.29, 0.717) is 6.42 Å². The largest absolute Gasteiger partial charge is 0.481 e. The van der Waals surface area contributed by atoms with Crippen LogP contribution in [0.3, 0.4) is 0 Å². The van der Waals surface area contributed by atoms with Crippen LogP contribution < -0.4 is 31.9 Å². The molecule has 0 aromatic carbocycles. The molecule has 1 aliphatic heterocycles. The van der Waals surface area contributed by atoms with Crippen molar-refractivity contribution in [1.82, 2.24) is 36.8 Å². The molecule has 1 heterocycles. The molecule has 18 nitrogen and oxygen atoms in total. The minimum absolute atomic E-state index is 0.0333. The first-order chi connectivity index (χ1) is 30.6. The Morgan fingerprint density at radius 2 is 0.954 bits per heavy atom. The first-order valence-electron chi connectivity index (χ1n) is 24.1. The van der Waals surface area contributed by atoms with Crippen molar-refractivity contribution >= 4 is 53.3 Å². The Labute approximate surface area is 387 Å². The van der Waals surface area contributed by atoms with Crippen molar-refractivity contribution in [1.29, 1.82) is 0 Å². The average Bonchev–Trinajstić information content (AvgIpc) is 3.20. The van der Waals surface area contributed by atoms with Crippen LogP contribution in [-0.4, -0.2) is 118 Å². The number of hydrogen-bond donors (Lipinski definition) is 8. The van der Waals surface area contributed by atoms with Gasteiger partial charge in [-0.05, 0) is 62.2 Å². The summed E-state index contributed by atoms with van der Waals surface area (Å²) in [6.07, 6.45) is 8.94. The Bertz CT molecular complexity index is 1550. The van der Waals surface area contributed by atoms with Crippen molar-refractivity contribution in [3.05, 3.63) is 0 Å². The molecule has 0 aromatic rings. The molecule has 0 bridgehead atoms. The molecule has 1 fully saturated rings. The number of nitrogens with one attached hydrogen (secondary N) is 6. The molecule has 8 N–H and O–H groups in total. The van der Waals surface area contributed by atoms with Gasteiger partial charge in [-0.2, -0.15) is 0 Å². The summed E-state index contributed by atoms with van der Waals surface area (Å²) in [7, 11) is 0. The lowest BCUT2D eigenvalue weighted by Gasteiger charge is -2.35. The lowest BCUT2D eigenvalue weighted by atomic mass is 9.97. The Balaban J connectivity index is 3.86. The second-order valence-corrected chi connectivity index (χ2v) is 19.2. The van der Waals surface area contributed by atoms with Crippen LogP contribution in [0.25, 0.3) is 0 Å². The fourth-order valence-electron chi connectivity index (χ4n) is 7.78. The molecule has 0 radical (unpaired) electrons. The van der Waals surface area contributed by atoms with E-state index in [2.05, 4.69) is 38.8 Å². The number of carboxylic acid groups (broad SMARTS) is 2. The number of carbonyl (C=O) groups is 9. The summed E-state index contributed by atoms with van der Waals surface area (Å²) in [5.74, 6) is -9.31. The molecule has 372 valence electrons. The summed E-state index contributed by atoms with van der Waals surface area (Å²) in [6, 6.07) is -8.28. The van der Waals surface area contributed by atoms with Crippen LogP contribution in [0.4, 0.5) is 0 Å². The van der Waals surface area contributed by atoms with Gasteiger partial charge in [0.2, 0.25) is 41.4 Å². The van der Waals surface area contributed by atoms with Crippen LogP contribution in [0.15, 0.2) is 0 Å². The van der Waals surface area contributed by atoms with Crippen LogP contribution in [0, 0.1) is 23.7 Å². The van der Waals surface area contributed by atoms with Crippen molar-refractivity contribution in [2.24, 2.45) is 23.7 Å². The molecule has 0 unspecified atom stereocenters. The summed E-state index contributed by atoms with van der Waals surface area (Å²) >= 11 is 0. The summed E-state index contributed by atoms with van der Waals surface area (Å²) in [4.78, 5) is 124. The van der Waals surface area contributed by atoms with Gasteiger partial charge in [0.15, 0.2) is 0 Å². The van der Waals surface area contributed by atoms with Gasteiger partial charge in [-0.25, -0.2) is 0 Å². The van der Waals surface area contributed by atoms with Gasteiger partial charge in [0.25, 0.3) is 0 Å². The number of unbranched alkanes of at least 4 members (excludes halogenated alkanes) is 9. The minimum atomic E-state index is -1.63. The lowest BCUT2D eigenvalue weighted by molar-refractivity contribution is -0.148. The highest BCUT2D eigenvalue weighted by Gasteiger charge is 2.40. The van der Waals surface area contributed by atoms with Gasteiger partial charge in [0.05, 0.1) is 0 Å². The number of hydrogen-bond acceptors (Lipinski definition) is 9. The lowest BCUT2D eigenvalue weighted by Crippen LogP contribution is -2.63. The van der Waals surface area contributed by atoms with Crippen LogP contribution in [0.5, 0.6) is 0 Å². The van der Waals surface area contributed by atoms with Gasteiger partial charge in [-0.1, -0.05) is 120 Å². The molecule has 6 atom stereocenters. The second kappa shape index (κ2) is 31.2. The Kier molecular flexibility index (Phi) is 28.0. The van der Waals surface area contributed by atoms with E-state index >= 15 is 0 Å². The molecule has 65 heavy (non-hydrogen) atoms. The predicted octanol–water partition coefficient (Wildman–Crippen LogP) is 4.18. The first-order valence-corrected chi connectivity index (χ1v) is 24.1. The number of aliphatic carboxylic acids is 2. The number of rotatable bonds is 26. The number of carbonyl (C=O) groups excluding carboxylic acids is 7. The summed E-state index contributed by atoms with van der Waals surface area (Å²) in [6.45, 7) is 15.9. The Morgan fingerprint density at radius 1 is 0.538 bits per heavy atom. The highest BCUT2D eigenvalue weighted by molar-refractivity contribution is 5.99. The van der Waals surface area contributed by atoms with E-state index in [4.69, 9.17) is 0 Å². The van der Waals surface area contributed by atoms with Crippen LogP contribution in [0.2, 0.25) is 0 Å². The highest BCUT2D eigenvalue weighted by atomic mass is 16.4. The fraction of sp³-hybridized carbons (Fsp3) is 0.809. The van der Waals surface area contributed by atoms with Crippen LogP contribution in [-0.2, 0) is 43.2 Å². The third kappa shape index (κ3) is 23.8. The van der Waals surface area contributed by atoms with Gasteiger partial charge in [0.1, 0.15) is 42.8 Å². The van der Waals surface area contributed by atoms with Gasteiger partial charge in [-0.3, -0.25) is 43.2 Å². The monoisotopic (exact) mass is 922 g/mol. The normalized spacial score (nSPS) is 22.0. The Morgan fingerprint density at radius 3 is 1.45 bits per heavy atom. The Hall–Kier alpha value is -4.77. The van der Waals surface area contributed by atoms with Gasteiger partial charge in [-0.15, -0.1) is 0 Å². The van der Waals surface area contributed by atoms with E-state index in [1.54, 1.807) is 27.7 Å². The van der Waals surface area contributed by atoms with Crippen LogP contribution >= 0.6 is 0 Å².